The molecular formula is C18H28FNO. The minimum Gasteiger partial charge on any atom is -0.389 e. The van der Waals surface area contributed by atoms with Crippen molar-refractivity contribution in [2.75, 3.05) is 18.0 Å². The number of anilines is 1. The lowest BCUT2D eigenvalue weighted by Crippen LogP contribution is -2.27. The summed E-state index contributed by atoms with van der Waals surface area (Å²) in [4.78, 5) is 2.25. The molecule has 2 atom stereocenters. The minimum absolute atomic E-state index is 0.306. The van der Waals surface area contributed by atoms with E-state index in [0.29, 0.717) is 16.9 Å². The van der Waals surface area contributed by atoms with Crippen molar-refractivity contribution in [1.29, 1.82) is 0 Å². The average Bonchev–Trinajstić information content (AvgIpc) is 2.63. The second-order valence-corrected chi connectivity index (χ2v) is 7.33. The number of nitrogens with zero attached hydrogens (tertiary/aromatic N) is 1. The van der Waals surface area contributed by atoms with Crippen LogP contribution in [0.1, 0.15) is 58.6 Å². The molecule has 2 nitrogen and oxygen atoms in total. The van der Waals surface area contributed by atoms with Crippen LogP contribution in [0.4, 0.5) is 10.1 Å². The molecule has 0 amide bonds. The Balaban J connectivity index is 2.22. The third-order valence-electron chi connectivity index (χ3n) is 4.74. The van der Waals surface area contributed by atoms with E-state index in [9.17, 15) is 9.50 Å². The summed E-state index contributed by atoms with van der Waals surface area (Å²) in [5.41, 5.74) is 1.62. The Morgan fingerprint density at radius 1 is 1.24 bits per heavy atom. The second kappa shape index (κ2) is 6.35. The fraction of sp³-hybridized carbons (Fsp3) is 0.667. The number of aliphatic hydroxyl groups is 1. The predicted molar refractivity (Wildman–Crippen MR) is 86.0 cm³/mol. The average molecular weight is 293 g/mol. The first-order valence-electron chi connectivity index (χ1n) is 8.02. The molecule has 0 radical (unpaired) electrons. The van der Waals surface area contributed by atoms with Crippen molar-refractivity contribution < 1.29 is 9.50 Å². The highest BCUT2D eigenvalue weighted by atomic mass is 19.1. The lowest BCUT2D eigenvalue weighted by Gasteiger charge is -2.30. The van der Waals surface area contributed by atoms with Crippen LogP contribution < -0.4 is 4.90 Å². The molecule has 0 aliphatic carbocycles. The molecule has 0 aromatic heterocycles. The molecule has 3 heteroatoms. The minimum atomic E-state index is -0.775. The van der Waals surface area contributed by atoms with Crippen molar-refractivity contribution in [3.63, 3.8) is 0 Å². The number of hydrogen-bond donors (Lipinski definition) is 1. The Labute approximate surface area is 128 Å². The number of rotatable bonds is 2. The third kappa shape index (κ3) is 3.76. The first-order chi connectivity index (χ1) is 9.80. The summed E-state index contributed by atoms with van der Waals surface area (Å²) >= 11 is 0. The smallest absolute Gasteiger partial charge is 0.131 e. The van der Waals surface area contributed by atoms with Gasteiger partial charge in [0.1, 0.15) is 5.82 Å². The Hall–Kier alpha value is -1.09. The van der Waals surface area contributed by atoms with Crippen molar-refractivity contribution >= 4 is 5.69 Å². The highest BCUT2D eigenvalue weighted by Gasteiger charge is 2.28. The molecule has 21 heavy (non-hydrogen) atoms. The first-order valence-corrected chi connectivity index (χ1v) is 8.02. The van der Waals surface area contributed by atoms with Gasteiger partial charge in [0.25, 0.3) is 0 Å². The van der Waals surface area contributed by atoms with Gasteiger partial charge in [0.15, 0.2) is 0 Å². The molecule has 1 N–H and O–H groups in total. The van der Waals surface area contributed by atoms with Gasteiger partial charge in [-0.05, 0) is 49.7 Å². The molecule has 1 fully saturated rings. The monoisotopic (exact) mass is 293 g/mol. The number of halogens is 1. The van der Waals surface area contributed by atoms with Crippen molar-refractivity contribution in [1.82, 2.24) is 0 Å². The summed E-state index contributed by atoms with van der Waals surface area (Å²) < 4.78 is 14.0. The van der Waals surface area contributed by atoms with Gasteiger partial charge in [-0.15, -0.1) is 0 Å². The molecule has 1 heterocycles. The van der Waals surface area contributed by atoms with Gasteiger partial charge in [-0.2, -0.15) is 0 Å². The summed E-state index contributed by atoms with van der Waals surface area (Å²) in [5, 5.41) is 9.90. The maximum atomic E-state index is 14.0. The van der Waals surface area contributed by atoms with Crippen LogP contribution >= 0.6 is 0 Å². The molecule has 1 saturated heterocycles. The van der Waals surface area contributed by atoms with Crippen LogP contribution in [-0.4, -0.2) is 18.2 Å². The Morgan fingerprint density at radius 3 is 2.57 bits per heavy atom. The standard InChI is InChI=1S/C18H28FNO/c1-13(21)17-15(19)8-5-9-16(17)20-11-6-7-14(10-12-20)18(2,3)4/h5,8-9,13-14,21H,6-7,10-12H2,1-4H3/t13-,14?/m0/s1. The molecule has 1 unspecified atom stereocenters. The highest BCUT2D eigenvalue weighted by molar-refractivity contribution is 5.55. The maximum Gasteiger partial charge on any atom is 0.131 e. The lowest BCUT2D eigenvalue weighted by atomic mass is 9.77. The van der Waals surface area contributed by atoms with Crippen LogP contribution in [-0.2, 0) is 0 Å². The lowest BCUT2D eigenvalue weighted by molar-refractivity contribution is 0.194. The van der Waals surface area contributed by atoms with Gasteiger partial charge in [0.2, 0.25) is 0 Å². The van der Waals surface area contributed by atoms with Gasteiger partial charge in [-0.3, -0.25) is 0 Å². The summed E-state index contributed by atoms with van der Waals surface area (Å²) in [5.74, 6) is 0.394. The molecule has 1 aromatic carbocycles. The molecule has 1 aliphatic heterocycles. The van der Waals surface area contributed by atoms with E-state index in [-0.39, 0.29) is 5.82 Å². The van der Waals surface area contributed by atoms with Crippen molar-refractivity contribution in [2.24, 2.45) is 11.3 Å². The van der Waals surface area contributed by atoms with Gasteiger partial charge in [-0.25, -0.2) is 4.39 Å². The van der Waals surface area contributed by atoms with E-state index in [4.69, 9.17) is 0 Å². The van der Waals surface area contributed by atoms with E-state index >= 15 is 0 Å². The zero-order valence-corrected chi connectivity index (χ0v) is 13.7. The predicted octanol–water partition coefficient (Wildman–Crippen LogP) is 4.53. The molecule has 1 aromatic rings. The Morgan fingerprint density at radius 2 is 1.95 bits per heavy atom. The zero-order valence-electron chi connectivity index (χ0n) is 13.7. The third-order valence-corrected chi connectivity index (χ3v) is 4.74. The molecule has 0 saturated carbocycles. The number of benzene rings is 1. The van der Waals surface area contributed by atoms with Gasteiger partial charge >= 0.3 is 0 Å². The molecule has 0 bridgehead atoms. The molecule has 2 rings (SSSR count). The van der Waals surface area contributed by atoms with Crippen LogP contribution in [0.15, 0.2) is 18.2 Å². The molecular weight excluding hydrogens is 265 g/mol. The van der Waals surface area contributed by atoms with Crippen LogP contribution in [0, 0.1) is 17.2 Å². The second-order valence-electron chi connectivity index (χ2n) is 7.33. The number of hydrogen-bond acceptors (Lipinski definition) is 2. The van der Waals surface area contributed by atoms with Crippen molar-refractivity contribution in [3.8, 4) is 0 Å². The Bertz CT molecular complexity index is 479. The maximum absolute atomic E-state index is 14.0. The van der Waals surface area contributed by atoms with E-state index in [1.165, 1.54) is 12.5 Å². The summed E-state index contributed by atoms with van der Waals surface area (Å²) in [6.07, 6.45) is 2.69. The Kier molecular flexibility index (Phi) is 4.92. The summed E-state index contributed by atoms with van der Waals surface area (Å²) in [6, 6.07) is 5.10. The quantitative estimate of drug-likeness (QED) is 0.866. The van der Waals surface area contributed by atoms with Gasteiger partial charge in [0, 0.05) is 24.3 Å². The van der Waals surface area contributed by atoms with E-state index in [0.717, 1.165) is 31.6 Å². The van der Waals surface area contributed by atoms with Gasteiger partial charge in [-0.1, -0.05) is 26.8 Å². The SMILES string of the molecule is C[C@H](O)c1c(F)cccc1N1CCCC(C(C)(C)C)CC1. The zero-order chi connectivity index (χ0) is 15.6. The van der Waals surface area contributed by atoms with Crippen LogP contribution in [0.5, 0.6) is 0 Å². The fourth-order valence-corrected chi connectivity index (χ4v) is 3.42. The highest BCUT2D eigenvalue weighted by Crippen LogP contribution is 2.37. The number of aliphatic hydroxyl groups excluding tert-OH is 1. The van der Waals surface area contributed by atoms with Crippen LogP contribution in [0.2, 0.25) is 0 Å². The van der Waals surface area contributed by atoms with E-state index in [1.807, 2.05) is 6.07 Å². The molecule has 1 aliphatic rings. The fourth-order valence-electron chi connectivity index (χ4n) is 3.42. The van der Waals surface area contributed by atoms with E-state index in [2.05, 4.69) is 25.7 Å². The van der Waals surface area contributed by atoms with Crippen LogP contribution in [0.25, 0.3) is 0 Å². The normalized spacial score (nSPS) is 22.0. The van der Waals surface area contributed by atoms with Gasteiger partial charge < -0.3 is 10.0 Å². The van der Waals surface area contributed by atoms with Crippen LogP contribution in [0.3, 0.4) is 0 Å². The summed E-state index contributed by atoms with van der Waals surface area (Å²) in [7, 11) is 0. The van der Waals surface area contributed by atoms with Crippen molar-refractivity contribution in [2.45, 2.75) is 53.1 Å². The van der Waals surface area contributed by atoms with E-state index < -0.39 is 6.10 Å². The summed E-state index contributed by atoms with van der Waals surface area (Å²) in [6.45, 7) is 10.4. The topological polar surface area (TPSA) is 23.5 Å². The molecule has 0 spiro atoms. The molecule has 118 valence electrons. The van der Waals surface area contributed by atoms with Gasteiger partial charge in [0.05, 0.1) is 6.10 Å². The van der Waals surface area contributed by atoms with E-state index in [1.54, 1.807) is 13.0 Å². The first kappa shape index (κ1) is 16.3. The largest absolute Gasteiger partial charge is 0.389 e. The van der Waals surface area contributed by atoms with Crippen molar-refractivity contribution in [3.05, 3.63) is 29.6 Å².